The molecule has 12 heteroatoms. The van der Waals surface area contributed by atoms with Crippen LogP contribution in [0.15, 0.2) is 35.1 Å². The van der Waals surface area contributed by atoms with Gasteiger partial charge < -0.3 is 14.4 Å². The minimum absolute atomic E-state index is 0.00852. The van der Waals surface area contributed by atoms with Crippen LogP contribution in [0.4, 0.5) is 10.2 Å². The van der Waals surface area contributed by atoms with E-state index in [9.17, 15) is 9.18 Å². The Kier molecular flexibility index (Phi) is 7.05. The predicted molar refractivity (Wildman–Crippen MR) is 125 cm³/mol. The highest BCUT2D eigenvalue weighted by atomic mass is 79.9. The average Bonchev–Trinajstić information content (AvgIpc) is 3.24. The summed E-state index contributed by atoms with van der Waals surface area (Å²) in [6.07, 6.45) is 4.77. The van der Waals surface area contributed by atoms with Crippen molar-refractivity contribution >= 4 is 27.7 Å². The maximum Gasteiger partial charge on any atom is 0.330 e. The Bertz CT molecular complexity index is 1140. The van der Waals surface area contributed by atoms with Crippen molar-refractivity contribution in [3.8, 4) is 17.3 Å². The van der Waals surface area contributed by atoms with E-state index in [4.69, 9.17) is 9.47 Å². The van der Waals surface area contributed by atoms with Crippen molar-refractivity contribution < 1.29 is 18.7 Å². The fraction of sp³-hybridized carbons (Fsp3) is 0.455. The van der Waals surface area contributed by atoms with Gasteiger partial charge in [-0.15, -0.1) is 10.2 Å². The molecule has 0 amide bonds. The molecule has 1 aliphatic rings. The molecule has 0 aliphatic carbocycles. The third-order valence-electron chi connectivity index (χ3n) is 4.96. The van der Waals surface area contributed by atoms with Gasteiger partial charge in [0.2, 0.25) is 5.82 Å². The lowest BCUT2D eigenvalue weighted by Gasteiger charge is -2.32. The Morgan fingerprint density at radius 3 is 2.65 bits per heavy atom. The van der Waals surface area contributed by atoms with Gasteiger partial charge in [-0.1, -0.05) is 0 Å². The van der Waals surface area contributed by atoms with Crippen molar-refractivity contribution in [3.05, 3.63) is 40.9 Å². The molecule has 3 heterocycles. The molecule has 0 bridgehead atoms. The summed E-state index contributed by atoms with van der Waals surface area (Å²) in [4.78, 5) is 24.1. The zero-order chi connectivity index (χ0) is 24.3. The standard InChI is InChI=1S/C22H25BrFN7O3/c1-22(2,3)34-20(32)13-31-28-21(27-29-31)17-11-26-19(12-25-17)30-8-6-15(7-9-30)33-18-10-14(24)4-5-16(18)23/h4-5,10-12,15H,6-9,13H2,1-3H3. The van der Waals surface area contributed by atoms with Gasteiger partial charge in [0.25, 0.3) is 0 Å². The molecule has 0 saturated carbocycles. The number of hydrogen-bond donors (Lipinski definition) is 0. The summed E-state index contributed by atoms with van der Waals surface area (Å²) in [5, 5.41) is 12.0. The van der Waals surface area contributed by atoms with Crippen LogP contribution in [0.3, 0.4) is 0 Å². The number of esters is 1. The fourth-order valence-electron chi connectivity index (χ4n) is 3.45. The van der Waals surface area contributed by atoms with Gasteiger partial charge in [0.15, 0.2) is 6.54 Å². The maximum absolute atomic E-state index is 13.5. The number of aromatic nitrogens is 6. The topological polar surface area (TPSA) is 108 Å². The van der Waals surface area contributed by atoms with E-state index in [1.807, 2.05) is 0 Å². The van der Waals surface area contributed by atoms with Gasteiger partial charge in [-0.05, 0) is 54.0 Å². The number of hydrogen-bond acceptors (Lipinski definition) is 9. The summed E-state index contributed by atoms with van der Waals surface area (Å²) < 4.78 is 25.5. The number of benzene rings is 1. The molecular formula is C22H25BrFN7O3. The first kappa shape index (κ1) is 24.0. The van der Waals surface area contributed by atoms with E-state index in [2.05, 4.69) is 46.2 Å². The van der Waals surface area contributed by atoms with E-state index >= 15 is 0 Å². The molecule has 1 fully saturated rings. The van der Waals surface area contributed by atoms with E-state index in [0.29, 0.717) is 11.4 Å². The van der Waals surface area contributed by atoms with Crippen LogP contribution in [0.5, 0.6) is 5.75 Å². The summed E-state index contributed by atoms with van der Waals surface area (Å²) in [6, 6.07) is 4.42. The molecule has 180 valence electrons. The molecule has 1 aromatic carbocycles. The summed E-state index contributed by atoms with van der Waals surface area (Å²) in [5.74, 6) is 0.737. The van der Waals surface area contributed by atoms with Crippen molar-refractivity contribution in [3.63, 3.8) is 0 Å². The molecule has 1 saturated heterocycles. The zero-order valence-corrected chi connectivity index (χ0v) is 20.7. The zero-order valence-electron chi connectivity index (χ0n) is 19.1. The molecule has 10 nitrogen and oxygen atoms in total. The number of carbonyl (C=O) groups excluding carboxylic acids is 1. The molecule has 0 N–H and O–H groups in total. The van der Waals surface area contributed by atoms with E-state index in [-0.39, 0.29) is 24.3 Å². The van der Waals surface area contributed by atoms with E-state index < -0.39 is 11.6 Å². The van der Waals surface area contributed by atoms with Crippen molar-refractivity contribution in [1.29, 1.82) is 0 Å². The lowest BCUT2D eigenvalue weighted by molar-refractivity contribution is -0.156. The van der Waals surface area contributed by atoms with Gasteiger partial charge in [-0.25, -0.2) is 19.2 Å². The van der Waals surface area contributed by atoms with Crippen LogP contribution < -0.4 is 9.64 Å². The van der Waals surface area contributed by atoms with Crippen LogP contribution >= 0.6 is 15.9 Å². The highest BCUT2D eigenvalue weighted by Gasteiger charge is 2.23. The van der Waals surface area contributed by atoms with Gasteiger partial charge in [0.05, 0.1) is 16.9 Å². The van der Waals surface area contributed by atoms with Crippen molar-refractivity contribution in [2.75, 3.05) is 18.0 Å². The van der Waals surface area contributed by atoms with Gasteiger partial charge in [0, 0.05) is 32.0 Å². The van der Waals surface area contributed by atoms with E-state index in [1.165, 1.54) is 16.9 Å². The summed E-state index contributed by atoms with van der Waals surface area (Å²) in [7, 11) is 0. The van der Waals surface area contributed by atoms with Crippen molar-refractivity contribution in [2.24, 2.45) is 0 Å². The molecule has 0 spiro atoms. The fourth-order valence-corrected chi connectivity index (χ4v) is 3.79. The minimum atomic E-state index is -0.585. The summed E-state index contributed by atoms with van der Waals surface area (Å²) in [5.41, 5.74) is -0.132. The number of tetrazole rings is 1. The van der Waals surface area contributed by atoms with Crippen LogP contribution in [-0.2, 0) is 16.1 Å². The third kappa shape index (κ3) is 6.25. The number of nitrogens with zero attached hydrogens (tertiary/aromatic N) is 7. The highest BCUT2D eigenvalue weighted by molar-refractivity contribution is 9.10. The van der Waals surface area contributed by atoms with Crippen LogP contribution in [0.1, 0.15) is 33.6 Å². The SMILES string of the molecule is CC(C)(C)OC(=O)Cn1nnc(-c2cnc(N3CCC(Oc4cc(F)ccc4Br)CC3)cn2)n1. The maximum atomic E-state index is 13.5. The third-order valence-corrected chi connectivity index (χ3v) is 5.62. The number of rotatable bonds is 6. The molecule has 0 atom stereocenters. The molecule has 2 aromatic heterocycles. The quantitative estimate of drug-likeness (QED) is 0.440. The molecule has 3 aromatic rings. The smallest absolute Gasteiger partial charge is 0.330 e. The molecule has 1 aliphatic heterocycles. The minimum Gasteiger partial charge on any atom is -0.489 e. The Balaban J connectivity index is 1.32. The number of ether oxygens (including phenoxy) is 2. The van der Waals surface area contributed by atoms with Crippen LogP contribution in [0.2, 0.25) is 0 Å². The number of halogens is 2. The largest absolute Gasteiger partial charge is 0.489 e. The van der Waals surface area contributed by atoms with Gasteiger partial charge in [-0.2, -0.15) is 4.80 Å². The molecular weight excluding hydrogens is 509 g/mol. The second-order valence-electron chi connectivity index (χ2n) is 8.87. The lowest BCUT2D eigenvalue weighted by Crippen LogP contribution is -2.38. The normalized spacial score (nSPS) is 14.8. The number of carbonyl (C=O) groups is 1. The average molecular weight is 534 g/mol. The first-order chi connectivity index (χ1) is 16.2. The molecule has 34 heavy (non-hydrogen) atoms. The van der Waals surface area contributed by atoms with E-state index in [0.717, 1.165) is 36.2 Å². The van der Waals surface area contributed by atoms with Gasteiger partial charge in [-0.3, -0.25) is 0 Å². The first-order valence-electron chi connectivity index (χ1n) is 10.8. The molecule has 0 radical (unpaired) electrons. The van der Waals surface area contributed by atoms with Crippen LogP contribution in [-0.4, -0.2) is 60.9 Å². The Hall–Kier alpha value is -3.15. The monoisotopic (exact) mass is 533 g/mol. The van der Waals surface area contributed by atoms with E-state index in [1.54, 1.807) is 39.2 Å². The molecule has 4 rings (SSSR count). The number of piperidine rings is 1. The van der Waals surface area contributed by atoms with Crippen molar-refractivity contribution in [1.82, 2.24) is 30.2 Å². The van der Waals surface area contributed by atoms with Gasteiger partial charge in [0.1, 0.15) is 34.8 Å². The Morgan fingerprint density at radius 2 is 1.97 bits per heavy atom. The first-order valence-corrected chi connectivity index (χ1v) is 11.6. The Labute approximate surface area is 204 Å². The highest BCUT2D eigenvalue weighted by Crippen LogP contribution is 2.29. The summed E-state index contributed by atoms with van der Waals surface area (Å²) >= 11 is 3.40. The predicted octanol–water partition coefficient (Wildman–Crippen LogP) is 3.42. The Morgan fingerprint density at radius 1 is 1.21 bits per heavy atom. The lowest BCUT2D eigenvalue weighted by atomic mass is 10.1. The molecule has 0 unspecified atom stereocenters. The van der Waals surface area contributed by atoms with Crippen LogP contribution in [0, 0.1) is 5.82 Å². The second-order valence-corrected chi connectivity index (χ2v) is 9.72. The van der Waals surface area contributed by atoms with Gasteiger partial charge >= 0.3 is 5.97 Å². The van der Waals surface area contributed by atoms with Crippen molar-refractivity contribution in [2.45, 2.75) is 51.9 Å². The summed E-state index contributed by atoms with van der Waals surface area (Å²) in [6.45, 7) is 6.70. The number of anilines is 1. The van der Waals surface area contributed by atoms with Crippen LogP contribution in [0.25, 0.3) is 11.5 Å². The second kappa shape index (κ2) is 10.00.